The molecule has 11 heteroatoms. The van der Waals surface area contributed by atoms with E-state index in [1.165, 1.54) is 18.4 Å². The van der Waals surface area contributed by atoms with E-state index in [0.29, 0.717) is 6.42 Å². The topological polar surface area (TPSA) is 114 Å². The highest BCUT2D eigenvalue weighted by atomic mass is 35.5. The van der Waals surface area contributed by atoms with Crippen LogP contribution in [-0.4, -0.2) is 59.2 Å². The lowest BCUT2D eigenvalue weighted by molar-refractivity contribution is 0.00726. The first kappa shape index (κ1) is 21.1. The van der Waals surface area contributed by atoms with Gasteiger partial charge in [0.2, 0.25) is 10.0 Å². The largest absolute Gasteiger partial charge is 0.396 e. The molecule has 148 valence electrons. The first-order valence-electron chi connectivity index (χ1n) is 8.34. The normalized spacial score (nSPS) is 26.8. The number of rotatable bonds is 3. The fourth-order valence-corrected chi connectivity index (χ4v) is 5.49. The molecular weight excluding hydrogens is 384 g/mol. The number of aliphatic hydroxyl groups is 1. The number of aromatic nitrogens is 2. The van der Waals surface area contributed by atoms with Crippen LogP contribution in [-0.2, 0) is 24.1 Å². The first-order chi connectivity index (χ1) is 11.7. The highest BCUT2D eigenvalue weighted by Crippen LogP contribution is 2.39. The molecular formula is C15H25ClN4O5S. The van der Waals surface area contributed by atoms with Crippen LogP contribution in [0.3, 0.4) is 0 Å². The summed E-state index contributed by atoms with van der Waals surface area (Å²) in [6.45, 7) is 1.24. The minimum absolute atomic E-state index is 0. The minimum Gasteiger partial charge on any atom is -0.396 e. The van der Waals surface area contributed by atoms with Crippen molar-refractivity contribution in [2.24, 2.45) is 19.5 Å². The van der Waals surface area contributed by atoms with Crippen LogP contribution in [0, 0.1) is 5.41 Å². The number of aryl methyl sites for hydroxylation is 1. The molecule has 0 unspecified atom stereocenters. The van der Waals surface area contributed by atoms with Gasteiger partial charge in [0.1, 0.15) is 0 Å². The summed E-state index contributed by atoms with van der Waals surface area (Å²) in [5.74, 6) is 0. The van der Waals surface area contributed by atoms with Crippen LogP contribution in [0.5, 0.6) is 0 Å². The van der Waals surface area contributed by atoms with Crippen LogP contribution in [0.4, 0.5) is 0 Å². The van der Waals surface area contributed by atoms with E-state index in [4.69, 9.17) is 0 Å². The van der Waals surface area contributed by atoms with Gasteiger partial charge >= 0.3 is 5.69 Å². The third kappa shape index (κ3) is 3.24. The van der Waals surface area contributed by atoms with Crippen molar-refractivity contribution in [2.75, 3.05) is 26.2 Å². The SMILES string of the molecule is Cl.Cn1cc(S(=O)(=O)N2CC[C@@]3(CO)CCCN[C@@H]3C2)c(=O)n(C)c1=O. The van der Waals surface area contributed by atoms with Gasteiger partial charge in [0, 0.05) is 44.8 Å². The lowest BCUT2D eigenvalue weighted by atomic mass is 9.70. The summed E-state index contributed by atoms with van der Waals surface area (Å²) in [6.07, 6.45) is 3.43. The van der Waals surface area contributed by atoms with Crippen molar-refractivity contribution < 1.29 is 13.5 Å². The molecule has 3 rings (SSSR count). The molecule has 2 fully saturated rings. The van der Waals surface area contributed by atoms with Crippen LogP contribution in [0.25, 0.3) is 0 Å². The number of nitrogens with zero attached hydrogens (tertiary/aromatic N) is 3. The molecule has 0 radical (unpaired) electrons. The summed E-state index contributed by atoms with van der Waals surface area (Å²) in [5, 5.41) is 13.1. The molecule has 0 aliphatic carbocycles. The van der Waals surface area contributed by atoms with Gasteiger partial charge in [0.25, 0.3) is 5.56 Å². The van der Waals surface area contributed by atoms with Gasteiger partial charge in [-0.2, -0.15) is 4.31 Å². The van der Waals surface area contributed by atoms with E-state index in [0.717, 1.165) is 34.7 Å². The first-order valence-corrected chi connectivity index (χ1v) is 9.78. The lowest BCUT2D eigenvalue weighted by Crippen LogP contribution is -2.62. The Balaban J connectivity index is 0.00000243. The Morgan fingerprint density at radius 1 is 1.31 bits per heavy atom. The van der Waals surface area contributed by atoms with Crippen LogP contribution >= 0.6 is 12.4 Å². The molecule has 1 aromatic rings. The number of hydrogen-bond donors (Lipinski definition) is 2. The van der Waals surface area contributed by atoms with E-state index >= 15 is 0 Å². The maximum atomic E-state index is 13.0. The number of halogens is 1. The molecule has 2 aliphatic heterocycles. The van der Waals surface area contributed by atoms with Gasteiger partial charge in [-0.1, -0.05) is 0 Å². The monoisotopic (exact) mass is 408 g/mol. The Hall–Kier alpha value is -1.20. The molecule has 3 heterocycles. The number of hydrogen-bond acceptors (Lipinski definition) is 6. The highest BCUT2D eigenvalue weighted by Gasteiger charge is 2.47. The quantitative estimate of drug-likeness (QED) is 0.638. The Labute approximate surface area is 158 Å². The van der Waals surface area contributed by atoms with Crippen molar-refractivity contribution in [3.63, 3.8) is 0 Å². The number of sulfonamides is 1. The summed E-state index contributed by atoms with van der Waals surface area (Å²) in [7, 11) is -1.34. The second kappa shape index (κ2) is 7.43. The molecule has 2 aliphatic rings. The minimum atomic E-state index is -4.02. The fourth-order valence-electron chi connectivity index (χ4n) is 3.88. The summed E-state index contributed by atoms with van der Waals surface area (Å²) < 4.78 is 29.2. The molecule has 0 spiro atoms. The Morgan fingerprint density at radius 3 is 2.65 bits per heavy atom. The van der Waals surface area contributed by atoms with Crippen molar-refractivity contribution in [3.8, 4) is 0 Å². The van der Waals surface area contributed by atoms with Crippen molar-refractivity contribution in [2.45, 2.75) is 30.2 Å². The number of aliphatic hydroxyl groups excluding tert-OH is 1. The van der Waals surface area contributed by atoms with Gasteiger partial charge in [0.15, 0.2) is 4.90 Å². The predicted octanol–water partition coefficient (Wildman–Crippen LogP) is -1.37. The molecule has 0 aromatic carbocycles. The van der Waals surface area contributed by atoms with Gasteiger partial charge in [-0.15, -0.1) is 12.4 Å². The molecule has 0 bridgehead atoms. The number of piperidine rings is 2. The van der Waals surface area contributed by atoms with E-state index < -0.39 is 26.2 Å². The van der Waals surface area contributed by atoms with Crippen molar-refractivity contribution in [3.05, 3.63) is 27.0 Å². The van der Waals surface area contributed by atoms with E-state index in [9.17, 15) is 23.1 Å². The smallest absolute Gasteiger partial charge is 0.330 e. The van der Waals surface area contributed by atoms with Crippen molar-refractivity contribution in [1.29, 1.82) is 0 Å². The zero-order valence-electron chi connectivity index (χ0n) is 14.8. The summed E-state index contributed by atoms with van der Waals surface area (Å²) >= 11 is 0. The predicted molar refractivity (Wildman–Crippen MR) is 98.1 cm³/mol. The third-order valence-electron chi connectivity index (χ3n) is 5.57. The maximum Gasteiger partial charge on any atom is 0.330 e. The van der Waals surface area contributed by atoms with Crippen LogP contribution in [0.2, 0.25) is 0 Å². The Bertz CT molecular complexity index is 896. The molecule has 9 nitrogen and oxygen atoms in total. The Morgan fingerprint density at radius 2 is 2.00 bits per heavy atom. The highest BCUT2D eigenvalue weighted by molar-refractivity contribution is 7.89. The van der Waals surface area contributed by atoms with E-state index in [-0.39, 0.29) is 43.6 Å². The molecule has 2 saturated heterocycles. The second-order valence-electron chi connectivity index (χ2n) is 6.99. The zero-order valence-corrected chi connectivity index (χ0v) is 16.5. The molecule has 1 aromatic heterocycles. The van der Waals surface area contributed by atoms with Gasteiger partial charge in [0.05, 0.1) is 6.61 Å². The van der Waals surface area contributed by atoms with E-state index in [1.807, 2.05) is 0 Å². The maximum absolute atomic E-state index is 13.0. The summed E-state index contributed by atoms with van der Waals surface area (Å²) in [5.41, 5.74) is -1.70. The summed E-state index contributed by atoms with van der Waals surface area (Å²) in [6, 6.07) is -0.147. The van der Waals surface area contributed by atoms with Crippen LogP contribution in [0.15, 0.2) is 20.7 Å². The van der Waals surface area contributed by atoms with Gasteiger partial charge < -0.3 is 15.0 Å². The van der Waals surface area contributed by atoms with Gasteiger partial charge in [-0.25, -0.2) is 13.2 Å². The zero-order chi connectivity index (χ0) is 18.4. The van der Waals surface area contributed by atoms with Crippen molar-refractivity contribution >= 4 is 22.4 Å². The summed E-state index contributed by atoms with van der Waals surface area (Å²) in [4.78, 5) is 23.7. The van der Waals surface area contributed by atoms with Gasteiger partial charge in [-0.3, -0.25) is 9.36 Å². The third-order valence-corrected chi connectivity index (χ3v) is 7.42. The fraction of sp³-hybridized carbons (Fsp3) is 0.733. The number of fused-ring (bicyclic) bond motifs is 1. The van der Waals surface area contributed by atoms with E-state index in [1.54, 1.807) is 0 Å². The molecule has 2 N–H and O–H groups in total. The molecule has 2 atom stereocenters. The van der Waals surface area contributed by atoms with Crippen LogP contribution in [0.1, 0.15) is 19.3 Å². The van der Waals surface area contributed by atoms with Crippen molar-refractivity contribution in [1.82, 2.24) is 18.8 Å². The standard InChI is InChI=1S/C15H24N4O5S.ClH/c1-17-8-11(13(21)18(2)14(17)22)25(23,24)19-7-5-15(10-20)4-3-6-16-12(15)9-19;/h8,12,16,20H,3-7,9-10H2,1-2H3;1H/t12-,15-;/m1./s1. The lowest BCUT2D eigenvalue weighted by Gasteiger charge is -2.49. The molecule has 0 amide bonds. The Kier molecular flexibility index (Phi) is 6.03. The van der Waals surface area contributed by atoms with E-state index in [2.05, 4.69) is 5.32 Å². The number of nitrogens with one attached hydrogen (secondary N) is 1. The molecule has 26 heavy (non-hydrogen) atoms. The van der Waals surface area contributed by atoms with Gasteiger partial charge in [-0.05, 0) is 25.8 Å². The second-order valence-corrected chi connectivity index (χ2v) is 8.90. The average molecular weight is 409 g/mol. The average Bonchev–Trinajstić information content (AvgIpc) is 2.62. The molecule has 0 saturated carbocycles. The van der Waals surface area contributed by atoms with Crippen LogP contribution < -0.4 is 16.6 Å².